The Balaban J connectivity index is 1.40. The number of nitrogens with zero attached hydrogens (tertiary/aromatic N) is 1. The van der Waals surface area contributed by atoms with Gasteiger partial charge in [-0.25, -0.2) is 26.9 Å². The highest BCUT2D eigenvalue weighted by molar-refractivity contribution is 7.29. The average Bonchev–Trinajstić information content (AvgIpc) is 3.48. The third kappa shape index (κ3) is 3.17. The number of rotatable bonds is 2. The number of fused-ring (bicyclic) bond motifs is 3. The average molecular weight is 513 g/mol. The third-order valence-electron chi connectivity index (χ3n) is 5.68. The lowest BCUT2D eigenvalue weighted by Crippen LogP contribution is -2.03. The van der Waals surface area contributed by atoms with E-state index in [0.29, 0.717) is 20.7 Å². The van der Waals surface area contributed by atoms with Crippen molar-refractivity contribution < 1.29 is 31.5 Å². The van der Waals surface area contributed by atoms with Crippen molar-refractivity contribution in [2.75, 3.05) is 0 Å². The summed E-state index contributed by atoms with van der Waals surface area (Å²) in [6.45, 7) is 0. The van der Waals surface area contributed by atoms with Gasteiger partial charge in [-0.05, 0) is 35.0 Å². The molecule has 0 aliphatic heterocycles. The normalized spacial score (nSPS) is 13.3. The van der Waals surface area contributed by atoms with E-state index in [2.05, 4.69) is 4.98 Å². The second-order valence-corrected chi connectivity index (χ2v) is 9.84. The van der Waals surface area contributed by atoms with Gasteiger partial charge in [-0.1, -0.05) is 24.3 Å². The van der Waals surface area contributed by atoms with Crippen LogP contribution in [-0.2, 0) is 0 Å². The Bertz CT molecular complexity index is 1680. The Labute approximate surface area is 200 Å². The van der Waals surface area contributed by atoms with E-state index in [9.17, 15) is 31.5 Å². The molecule has 0 spiro atoms. The number of hydrogen-bond donors (Lipinski definition) is 0. The van der Waals surface area contributed by atoms with E-state index in [-0.39, 0.29) is 15.4 Å². The van der Waals surface area contributed by atoms with Crippen molar-refractivity contribution in [3.05, 3.63) is 93.1 Å². The number of Topliss-reactive ketones (excluding diaryl/α,β-unsaturated/α-hetero) is 2. The van der Waals surface area contributed by atoms with Gasteiger partial charge in [0.25, 0.3) is 0 Å². The van der Waals surface area contributed by atoms with Crippen LogP contribution in [0.5, 0.6) is 0 Å². The lowest BCUT2D eigenvalue weighted by atomic mass is 10.0. The zero-order valence-corrected chi connectivity index (χ0v) is 18.7. The number of aromatic nitrogens is 1. The third-order valence-corrected chi connectivity index (χ3v) is 7.81. The minimum absolute atomic E-state index is 0.0239. The summed E-state index contributed by atoms with van der Waals surface area (Å²) in [4.78, 5) is 30.6. The molecule has 0 amide bonds. The largest absolute Gasteiger partial charge is 0.288 e. The predicted octanol–water partition coefficient (Wildman–Crippen LogP) is 7.34. The summed E-state index contributed by atoms with van der Waals surface area (Å²) in [6, 6.07) is 12.2. The topological polar surface area (TPSA) is 47.0 Å². The van der Waals surface area contributed by atoms with Gasteiger partial charge in [0.1, 0.15) is 9.84 Å². The molecule has 0 radical (unpaired) electrons. The van der Waals surface area contributed by atoms with Crippen molar-refractivity contribution in [3.8, 4) is 10.6 Å². The molecule has 0 fully saturated rings. The molecule has 5 aromatic rings. The molecule has 35 heavy (non-hydrogen) atoms. The van der Waals surface area contributed by atoms with E-state index in [1.165, 1.54) is 6.08 Å². The standard InChI is InChI=1S/C25H8F5NO2S2/c26-17-16(18(27)20(29)21(30)19(17)28)25-31-24-15(35-25)8-11(34-24)7-14-22(32)12-5-9-3-1-2-4-10(9)6-13(12)23(14)33/h1-8H. The summed E-state index contributed by atoms with van der Waals surface area (Å²) in [5, 5.41) is 1.29. The Morgan fingerprint density at radius 3 is 1.80 bits per heavy atom. The van der Waals surface area contributed by atoms with Gasteiger partial charge in [0.05, 0.1) is 15.8 Å². The van der Waals surface area contributed by atoms with Crippen LogP contribution < -0.4 is 0 Å². The minimum Gasteiger partial charge on any atom is -0.288 e. The van der Waals surface area contributed by atoms with E-state index in [1.807, 2.05) is 24.3 Å². The zero-order chi connectivity index (χ0) is 24.6. The Hall–Kier alpha value is -3.76. The van der Waals surface area contributed by atoms with Crippen LogP contribution in [0.3, 0.4) is 0 Å². The fraction of sp³-hybridized carbons (Fsp3) is 0. The first kappa shape index (κ1) is 21.8. The summed E-state index contributed by atoms with van der Waals surface area (Å²) < 4.78 is 69.2. The highest BCUT2D eigenvalue weighted by Gasteiger charge is 2.34. The first-order valence-electron chi connectivity index (χ1n) is 10.0. The number of ketones is 2. The number of hydrogen-bond acceptors (Lipinski definition) is 5. The number of carbonyl (C=O) groups excluding carboxylic acids is 2. The van der Waals surface area contributed by atoms with Gasteiger partial charge in [0.15, 0.2) is 34.8 Å². The molecule has 0 N–H and O–H groups in total. The van der Waals surface area contributed by atoms with Gasteiger partial charge in [0, 0.05) is 16.0 Å². The summed E-state index contributed by atoms with van der Waals surface area (Å²) in [5.74, 6) is -11.1. The molecular formula is C25H8F5NO2S2. The van der Waals surface area contributed by atoms with Crippen LogP contribution in [0.4, 0.5) is 22.0 Å². The first-order valence-corrected chi connectivity index (χ1v) is 11.6. The molecular weight excluding hydrogens is 505 g/mol. The van der Waals surface area contributed by atoms with Gasteiger partial charge < -0.3 is 0 Å². The van der Waals surface area contributed by atoms with Crippen LogP contribution in [-0.4, -0.2) is 16.6 Å². The maximum Gasteiger partial charge on any atom is 0.200 e. The molecule has 0 atom stereocenters. The first-order chi connectivity index (χ1) is 16.7. The molecule has 0 unspecified atom stereocenters. The van der Waals surface area contributed by atoms with Crippen molar-refractivity contribution in [2.45, 2.75) is 0 Å². The molecule has 0 saturated heterocycles. The zero-order valence-electron chi connectivity index (χ0n) is 17.1. The van der Waals surface area contributed by atoms with E-state index >= 15 is 0 Å². The van der Waals surface area contributed by atoms with E-state index < -0.39 is 46.2 Å². The number of allylic oxidation sites excluding steroid dienone is 1. The second-order valence-electron chi connectivity index (χ2n) is 7.74. The van der Waals surface area contributed by atoms with Gasteiger partial charge >= 0.3 is 0 Å². The van der Waals surface area contributed by atoms with Crippen molar-refractivity contribution >= 4 is 60.6 Å². The number of thiophene rings is 1. The van der Waals surface area contributed by atoms with Crippen molar-refractivity contribution in [1.29, 1.82) is 0 Å². The van der Waals surface area contributed by atoms with Crippen LogP contribution in [0.1, 0.15) is 25.6 Å². The fourth-order valence-electron chi connectivity index (χ4n) is 4.01. The van der Waals surface area contributed by atoms with E-state index in [0.717, 1.165) is 33.4 Å². The van der Waals surface area contributed by atoms with Crippen LogP contribution >= 0.6 is 22.7 Å². The molecule has 2 heterocycles. The van der Waals surface area contributed by atoms with Crippen LogP contribution in [0.2, 0.25) is 0 Å². The summed E-state index contributed by atoms with van der Waals surface area (Å²) in [7, 11) is 0. The molecule has 3 aromatic carbocycles. The lowest BCUT2D eigenvalue weighted by Gasteiger charge is -2.05. The van der Waals surface area contributed by atoms with Crippen molar-refractivity contribution in [3.63, 3.8) is 0 Å². The Morgan fingerprint density at radius 1 is 0.714 bits per heavy atom. The number of thiazole rings is 1. The maximum absolute atomic E-state index is 14.2. The molecule has 6 rings (SSSR count). The molecule has 10 heteroatoms. The Kier molecular flexibility index (Phi) is 4.74. The molecule has 0 bridgehead atoms. The fourth-order valence-corrected chi connectivity index (χ4v) is 6.21. The number of halogens is 5. The molecule has 3 nitrogen and oxygen atoms in total. The molecule has 172 valence electrons. The second kappa shape index (κ2) is 7.62. The molecule has 0 saturated carbocycles. The monoisotopic (exact) mass is 513 g/mol. The quantitative estimate of drug-likeness (QED) is 0.0816. The SMILES string of the molecule is O=C1C(=Cc2cc3sc(-c4c(F)c(F)c(F)c(F)c4F)nc3s2)C(=O)c2cc3ccccc3cc21. The summed E-state index contributed by atoms with van der Waals surface area (Å²) >= 11 is 1.76. The molecule has 1 aliphatic rings. The van der Waals surface area contributed by atoms with Crippen molar-refractivity contribution in [2.24, 2.45) is 0 Å². The molecule has 1 aliphatic carbocycles. The smallest absolute Gasteiger partial charge is 0.200 e. The number of benzene rings is 3. The minimum atomic E-state index is -2.24. The summed E-state index contributed by atoms with van der Waals surface area (Å²) in [5.41, 5.74) is -0.502. The van der Waals surface area contributed by atoms with E-state index in [1.54, 1.807) is 18.2 Å². The van der Waals surface area contributed by atoms with Gasteiger partial charge in [-0.3, -0.25) is 9.59 Å². The van der Waals surface area contributed by atoms with Crippen molar-refractivity contribution in [1.82, 2.24) is 4.98 Å². The van der Waals surface area contributed by atoms with Crippen LogP contribution in [0.15, 0.2) is 48.0 Å². The van der Waals surface area contributed by atoms with Crippen LogP contribution in [0.25, 0.3) is 36.9 Å². The lowest BCUT2D eigenvalue weighted by molar-refractivity contribution is 0.0990. The van der Waals surface area contributed by atoms with E-state index in [4.69, 9.17) is 0 Å². The predicted molar refractivity (Wildman–Crippen MR) is 123 cm³/mol. The van der Waals surface area contributed by atoms with Gasteiger partial charge in [0.2, 0.25) is 5.82 Å². The van der Waals surface area contributed by atoms with Gasteiger partial charge in [-0.2, -0.15) is 0 Å². The highest BCUT2D eigenvalue weighted by atomic mass is 32.1. The number of carbonyl (C=O) groups is 2. The maximum atomic E-state index is 14.2. The van der Waals surface area contributed by atoms with Gasteiger partial charge in [-0.15, -0.1) is 22.7 Å². The van der Waals surface area contributed by atoms with Crippen LogP contribution in [0, 0.1) is 29.1 Å². The Morgan fingerprint density at radius 2 is 1.26 bits per heavy atom. The summed E-state index contributed by atoms with van der Waals surface area (Å²) in [6.07, 6.45) is 1.42. The molecule has 2 aromatic heterocycles. The highest BCUT2D eigenvalue weighted by Crippen LogP contribution is 2.40.